The van der Waals surface area contributed by atoms with E-state index >= 15 is 0 Å². The minimum Gasteiger partial charge on any atom is -0.326 e. The number of anilines is 2. The highest BCUT2D eigenvalue weighted by atomic mass is 35.5. The number of benzene rings is 3. The van der Waals surface area contributed by atoms with Gasteiger partial charge in [-0.1, -0.05) is 46.4 Å². The van der Waals surface area contributed by atoms with Crippen molar-refractivity contribution >= 4 is 92.8 Å². The summed E-state index contributed by atoms with van der Waals surface area (Å²) in [5.74, 6) is -2.08. The molecule has 0 aliphatic heterocycles. The molecule has 0 unspecified atom stereocenters. The molecule has 34 heavy (non-hydrogen) atoms. The first-order chi connectivity index (χ1) is 16.0. The van der Waals surface area contributed by atoms with Crippen LogP contribution in [0.4, 0.5) is 11.4 Å². The van der Waals surface area contributed by atoms with Crippen LogP contribution in [0.25, 0.3) is 0 Å². The zero-order chi connectivity index (χ0) is 24.8. The van der Waals surface area contributed by atoms with Crippen LogP contribution < -0.4 is 10.6 Å². The monoisotopic (exact) mass is 574 g/mol. The van der Waals surface area contributed by atoms with Crippen molar-refractivity contribution in [3.63, 3.8) is 0 Å². The topological polar surface area (TPSA) is 58.2 Å². The first-order valence-corrected chi connectivity index (χ1v) is 12.3. The van der Waals surface area contributed by atoms with Gasteiger partial charge in [0.1, 0.15) is 4.33 Å². The summed E-state index contributed by atoms with van der Waals surface area (Å²) in [5.41, 5.74) is 2.59. The number of nitrogens with one attached hydrogen (secondary N) is 2. The SMILES string of the molecule is Cc1cc(NC(=O)c2cc(NC(=O)[C@H]3[C@H](c4cc(Cl)cc(Cl)c4)C3(Cl)Cl)ccc2Cl)ccc1Cl. The highest BCUT2D eigenvalue weighted by molar-refractivity contribution is 6.53. The van der Waals surface area contributed by atoms with Gasteiger partial charge in [0.2, 0.25) is 5.91 Å². The molecular weight excluding hydrogens is 561 g/mol. The summed E-state index contributed by atoms with van der Waals surface area (Å²) in [6.45, 7) is 1.83. The first-order valence-electron chi connectivity index (χ1n) is 9.99. The molecule has 1 aliphatic rings. The molecule has 2 atom stereocenters. The summed E-state index contributed by atoms with van der Waals surface area (Å²) in [6, 6.07) is 14.6. The lowest BCUT2D eigenvalue weighted by Crippen LogP contribution is -2.18. The number of carbonyl (C=O) groups is 2. The lowest BCUT2D eigenvalue weighted by Gasteiger charge is -2.11. The Labute approximate surface area is 226 Å². The van der Waals surface area contributed by atoms with Crippen molar-refractivity contribution in [1.82, 2.24) is 0 Å². The van der Waals surface area contributed by atoms with Gasteiger partial charge in [-0.25, -0.2) is 0 Å². The molecule has 3 aromatic carbocycles. The van der Waals surface area contributed by atoms with Gasteiger partial charge >= 0.3 is 0 Å². The summed E-state index contributed by atoms with van der Waals surface area (Å²) < 4.78 is -1.32. The second kappa shape index (κ2) is 9.77. The molecule has 1 fully saturated rings. The number of carbonyl (C=O) groups excluding carboxylic acids is 2. The van der Waals surface area contributed by atoms with Crippen LogP contribution in [0.15, 0.2) is 54.6 Å². The van der Waals surface area contributed by atoms with E-state index in [1.54, 1.807) is 42.5 Å². The fourth-order valence-electron chi connectivity index (χ4n) is 3.74. The van der Waals surface area contributed by atoms with Gasteiger partial charge in [-0.3, -0.25) is 9.59 Å². The molecule has 4 nitrogen and oxygen atoms in total. The van der Waals surface area contributed by atoms with E-state index < -0.39 is 28.0 Å². The average molecular weight is 577 g/mol. The molecule has 0 heterocycles. The standard InChI is InChI=1S/C24H16Cl6N2O2/c1-11-6-15(2-4-18(11)27)31-22(33)17-10-16(3-5-19(17)28)32-23(34)21-20(24(21,29)30)12-7-13(25)9-14(26)8-12/h2-10,20-21H,1H3,(H,31,33)(H,32,34)/t20-,21+/m0/s1. The molecule has 0 radical (unpaired) electrons. The number of amides is 2. The first kappa shape index (κ1) is 25.4. The Bertz CT molecular complexity index is 1290. The van der Waals surface area contributed by atoms with Crippen molar-refractivity contribution in [2.45, 2.75) is 17.2 Å². The summed E-state index contributed by atoms with van der Waals surface area (Å²) in [7, 11) is 0. The molecular formula is C24H16Cl6N2O2. The lowest BCUT2D eigenvalue weighted by atomic mass is 10.1. The third-order valence-electron chi connectivity index (χ3n) is 5.47. The van der Waals surface area contributed by atoms with Crippen molar-refractivity contribution < 1.29 is 9.59 Å². The molecule has 0 saturated heterocycles. The smallest absolute Gasteiger partial charge is 0.257 e. The lowest BCUT2D eigenvalue weighted by molar-refractivity contribution is -0.117. The maximum Gasteiger partial charge on any atom is 0.257 e. The van der Waals surface area contributed by atoms with E-state index in [-0.39, 0.29) is 10.6 Å². The molecule has 0 spiro atoms. The Kier molecular flexibility index (Phi) is 7.31. The van der Waals surface area contributed by atoms with Crippen molar-refractivity contribution in [3.05, 3.63) is 91.4 Å². The van der Waals surface area contributed by atoms with Crippen LogP contribution in [-0.2, 0) is 4.79 Å². The molecule has 0 aromatic heterocycles. The van der Waals surface area contributed by atoms with Crippen LogP contribution in [0.1, 0.15) is 27.4 Å². The largest absolute Gasteiger partial charge is 0.326 e. The van der Waals surface area contributed by atoms with E-state index in [1.807, 2.05) is 6.92 Å². The highest BCUT2D eigenvalue weighted by Gasteiger charge is 2.67. The van der Waals surface area contributed by atoms with Crippen LogP contribution in [-0.4, -0.2) is 16.1 Å². The summed E-state index contributed by atoms with van der Waals surface area (Å²) in [4.78, 5) is 25.8. The Hall–Kier alpha value is -1.66. The Balaban J connectivity index is 1.51. The maximum absolute atomic E-state index is 13.0. The van der Waals surface area contributed by atoms with Crippen LogP contribution in [0.5, 0.6) is 0 Å². The predicted molar refractivity (Wildman–Crippen MR) is 141 cm³/mol. The minimum atomic E-state index is -1.32. The predicted octanol–water partition coefficient (Wildman–Crippen LogP) is 8.39. The summed E-state index contributed by atoms with van der Waals surface area (Å²) in [5, 5.41) is 7.19. The summed E-state index contributed by atoms with van der Waals surface area (Å²) in [6.07, 6.45) is 0. The molecule has 10 heteroatoms. The van der Waals surface area contributed by atoms with Crippen LogP contribution in [0.3, 0.4) is 0 Å². The van der Waals surface area contributed by atoms with Crippen molar-refractivity contribution in [2.24, 2.45) is 5.92 Å². The van der Waals surface area contributed by atoms with Crippen LogP contribution in [0.2, 0.25) is 20.1 Å². The van der Waals surface area contributed by atoms with Crippen LogP contribution >= 0.6 is 69.6 Å². The van der Waals surface area contributed by atoms with Gasteiger partial charge in [0.25, 0.3) is 5.91 Å². The quantitative estimate of drug-likeness (QED) is 0.300. The van der Waals surface area contributed by atoms with E-state index in [0.29, 0.717) is 32.0 Å². The Morgan fingerprint density at radius 3 is 2.00 bits per heavy atom. The average Bonchev–Trinajstić information content (AvgIpc) is 3.33. The molecule has 1 aliphatic carbocycles. The molecule has 4 rings (SSSR count). The number of rotatable bonds is 5. The van der Waals surface area contributed by atoms with Crippen molar-refractivity contribution in [2.75, 3.05) is 10.6 Å². The molecule has 1 saturated carbocycles. The molecule has 176 valence electrons. The van der Waals surface area contributed by atoms with Gasteiger partial charge in [-0.05, 0) is 72.6 Å². The van der Waals surface area contributed by atoms with E-state index in [4.69, 9.17) is 69.6 Å². The normalized spacial score (nSPS) is 18.3. The van der Waals surface area contributed by atoms with Gasteiger partial charge in [0, 0.05) is 32.4 Å². The molecule has 2 N–H and O–H groups in total. The van der Waals surface area contributed by atoms with Crippen LogP contribution in [0, 0.1) is 12.8 Å². The second-order valence-corrected chi connectivity index (χ2v) is 11.1. The number of hydrogen-bond acceptors (Lipinski definition) is 2. The Morgan fingerprint density at radius 1 is 0.794 bits per heavy atom. The van der Waals surface area contributed by atoms with E-state index in [9.17, 15) is 9.59 Å². The zero-order valence-corrected chi connectivity index (χ0v) is 22.0. The van der Waals surface area contributed by atoms with Crippen molar-refractivity contribution in [3.8, 4) is 0 Å². The third kappa shape index (κ3) is 5.28. The molecule has 0 bridgehead atoms. The zero-order valence-electron chi connectivity index (χ0n) is 17.4. The highest BCUT2D eigenvalue weighted by Crippen LogP contribution is 2.65. The number of halogens is 6. The van der Waals surface area contributed by atoms with Gasteiger partial charge in [0.15, 0.2) is 0 Å². The number of hydrogen-bond donors (Lipinski definition) is 2. The van der Waals surface area contributed by atoms with Gasteiger partial charge in [-0.2, -0.15) is 0 Å². The number of alkyl halides is 2. The third-order valence-corrected chi connectivity index (χ3v) is 7.60. The fraction of sp³-hybridized carbons (Fsp3) is 0.167. The summed E-state index contributed by atoms with van der Waals surface area (Å²) >= 11 is 37.3. The second-order valence-electron chi connectivity index (χ2n) is 7.93. The van der Waals surface area contributed by atoms with Gasteiger partial charge < -0.3 is 10.6 Å². The number of aryl methyl sites for hydroxylation is 1. The minimum absolute atomic E-state index is 0.184. The van der Waals surface area contributed by atoms with Gasteiger partial charge in [-0.15, -0.1) is 23.2 Å². The fourth-order valence-corrected chi connectivity index (χ4v) is 5.43. The van der Waals surface area contributed by atoms with E-state index in [0.717, 1.165) is 5.56 Å². The molecule has 2 amide bonds. The maximum atomic E-state index is 13.0. The van der Waals surface area contributed by atoms with Crippen molar-refractivity contribution in [1.29, 1.82) is 0 Å². The Morgan fingerprint density at radius 2 is 1.38 bits per heavy atom. The van der Waals surface area contributed by atoms with E-state index in [1.165, 1.54) is 12.1 Å². The van der Waals surface area contributed by atoms with E-state index in [2.05, 4.69) is 10.6 Å². The molecule has 3 aromatic rings. The van der Waals surface area contributed by atoms with Gasteiger partial charge in [0.05, 0.1) is 16.5 Å².